The molecule has 3 aromatic carbocycles. The zero-order chi connectivity index (χ0) is 16.2. The van der Waals surface area contributed by atoms with Crippen LogP contribution in [0.5, 0.6) is 0 Å². The number of nitrogens with zero attached hydrogens (tertiary/aromatic N) is 1. The SMILES string of the molecule is c1ccc(NCCc2cn(-c3ccccc3)c3ccccc23)cc1. The van der Waals surface area contributed by atoms with Crippen LogP contribution in [0, 0.1) is 0 Å². The average Bonchev–Trinajstić information content (AvgIpc) is 3.02. The number of anilines is 1. The Labute approximate surface area is 142 Å². The second-order valence-electron chi connectivity index (χ2n) is 5.92. The lowest BCUT2D eigenvalue weighted by molar-refractivity contribution is 1.01. The molecule has 0 aliphatic rings. The van der Waals surface area contributed by atoms with Crippen molar-refractivity contribution in [1.29, 1.82) is 0 Å². The van der Waals surface area contributed by atoms with E-state index in [2.05, 4.69) is 94.9 Å². The van der Waals surface area contributed by atoms with Crippen LogP contribution in [-0.2, 0) is 6.42 Å². The van der Waals surface area contributed by atoms with Crippen LogP contribution in [0.25, 0.3) is 16.6 Å². The Morgan fingerprint density at radius 2 is 1.38 bits per heavy atom. The molecule has 0 saturated heterocycles. The summed E-state index contributed by atoms with van der Waals surface area (Å²) < 4.78 is 2.28. The summed E-state index contributed by atoms with van der Waals surface area (Å²) in [4.78, 5) is 0. The Morgan fingerprint density at radius 1 is 0.708 bits per heavy atom. The van der Waals surface area contributed by atoms with Crippen LogP contribution in [0.1, 0.15) is 5.56 Å². The number of hydrogen-bond acceptors (Lipinski definition) is 1. The smallest absolute Gasteiger partial charge is 0.0531 e. The van der Waals surface area contributed by atoms with Gasteiger partial charge in [0.05, 0.1) is 5.52 Å². The number of benzene rings is 3. The molecule has 0 atom stereocenters. The minimum Gasteiger partial charge on any atom is -0.385 e. The average molecular weight is 312 g/mol. The van der Waals surface area contributed by atoms with Gasteiger partial charge in [-0.05, 0) is 42.3 Å². The van der Waals surface area contributed by atoms with E-state index in [1.54, 1.807) is 0 Å². The van der Waals surface area contributed by atoms with Gasteiger partial charge in [0.1, 0.15) is 0 Å². The third kappa shape index (κ3) is 2.91. The van der Waals surface area contributed by atoms with Gasteiger partial charge in [-0.1, -0.05) is 54.6 Å². The molecule has 2 nitrogen and oxygen atoms in total. The molecular weight excluding hydrogens is 292 g/mol. The highest BCUT2D eigenvalue weighted by atomic mass is 15.0. The van der Waals surface area contributed by atoms with E-state index in [9.17, 15) is 0 Å². The molecule has 1 heterocycles. The molecule has 0 fully saturated rings. The molecule has 4 rings (SSSR count). The zero-order valence-electron chi connectivity index (χ0n) is 13.5. The van der Waals surface area contributed by atoms with E-state index in [1.165, 1.54) is 27.8 Å². The molecule has 0 unspecified atom stereocenters. The van der Waals surface area contributed by atoms with Crippen molar-refractivity contribution in [2.45, 2.75) is 6.42 Å². The minimum atomic E-state index is 0.923. The Hall–Kier alpha value is -3.00. The first-order valence-electron chi connectivity index (χ1n) is 8.35. The van der Waals surface area contributed by atoms with Gasteiger partial charge in [0, 0.05) is 29.5 Å². The van der Waals surface area contributed by atoms with Gasteiger partial charge in [-0.3, -0.25) is 0 Å². The van der Waals surface area contributed by atoms with Gasteiger partial charge < -0.3 is 9.88 Å². The molecule has 0 saturated carbocycles. The van der Waals surface area contributed by atoms with Crippen LogP contribution < -0.4 is 5.32 Å². The van der Waals surface area contributed by atoms with E-state index < -0.39 is 0 Å². The largest absolute Gasteiger partial charge is 0.385 e. The fourth-order valence-corrected chi connectivity index (χ4v) is 3.15. The third-order valence-corrected chi connectivity index (χ3v) is 4.33. The van der Waals surface area contributed by atoms with Crippen LogP contribution in [0.2, 0.25) is 0 Å². The predicted octanol–water partition coefficient (Wildman–Crippen LogP) is 5.29. The maximum absolute atomic E-state index is 3.50. The maximum Gasteiger partial charge on any atom is 0.0531 e. The second-order valence-corrected chi connectivity index (χ2v) is 5.92. The molecule has 118 valence electrons. The monoisotopic (exact) mass is 312 g/mol. The van der Waals surface area contributed by atoms with Gasteiger partial charge >= 0.3 is 0 Å². The normalized spacial score (nSPS) is 10.8. The minimum absolute atomic E-state index is 0.923. The second kappa shape index (κ2) is 6.63. The Bertz CT molecular complexity index is 924. The van der Waals surface area contributed by atoms with Crippen molar-refractivity contribution in [2.24, 2.45) is 0 Å². The summed E-state index contributed by atoms with van der Waals surface area (Å²) in [6, 6.07) is 29.5. The van der Waals surface area contributed by atoms with Gasteiger partial charge in [-0.25, -0.2) is 0 Å². The van der Waals surface area contributed by atoms with Crippen molar-refractivity contribution < 1.29 is 0 Å². The van der Waals surface area contributed by atoms with Crippen molar-refractivity contribution in [1.82, 2.24) is 4.57 Å². The van der Waals surface area contributed by atoms with Crippen molar-refractivity contribution >= 4 is 16.6 Å². The molecule has 0 aliphatic carbocycles. The number of aromatic nitrogens is 1. The van der Waals surface area contributed by atoms with Gasteiger partial charge in [-0.2, -0.15) is 0 Å². The molecule has 0 radical (unpaired) electrons. The fraction of sp³-hybridized carbons (Fsp3) is 0.0909. The summed E-state index contributed by atoms with van der Waals surface area (Å²) in [5.41, 5.74) is 5.01. The maximum atomic E-state index is 3.50. The number of hydrogen-bond donors (Lipinski definition) is 1. The lowest BCUT2D eigenvalue weighted by Crippen LogP contribution is -2.04. The van der Waals surface area contributed by atoms with E-state index in [0.29, 0.717) is 0 Å². The number of fused-ring (bicyclic) bond motifs is 1. The summed E-state index contributed by atoms with van der Waals surface area (Å²) in [5.74, 6) is 0. The van der Waals surface area contributed by atoms with E-state index in [0.717, 1.165) is 13.0 Å². The standard InChI is InChI=1S/C22H20N2/c1-3-9-19(10-4-1)23-16-15-18-17-24(20-11-5-2-6-12-20)22-14-8-7-13-21(18)22/h1-14,17,23H,15-16H2. The topological polar surface area (TPSA) is 17.0 Å². The van der Waals surface area contributed by atoms with Crippen LogP contribution in [-0.4, -0.2) is 11.1 Å². The summed E-state index contributed by atoms with van der Waals surface area (Å²) in [6.07, 6.45) is 3.27. The molecule has 24 heavy (non-hydrogen) atoms. The highest BCUT2D eigenvalue weighted by molar-refractivity contribution is 5.85. The molecule has 0 aliphatic heterocycles. The summed E-state index contributed by atoms with van der Waals surface area (Å²) >= 11 is 0. The molecule has 1 N–H and O–H groups in total. The van der Waals surface area contributed by atoms with Crippen LogP contribution in [0.15, 0.2) is 91.1 Å². The summed E-state index contributed by atoms with van der Waals surface area (Å²) in [7, 11) is 0. The molecule has 0 amide bonds. The lowest BCUT2D eigenvalue weighted by atomic mass is 10.1. The quantitative estimate of drug-likeness (QED) is 0.530. The van der Waals surface area contributed by atoms with E-state index in [1.807, 2.05) is 6.07 Å². The summed E-state index contributed by atoms with van der Waals surface area (Å²) in [5, 5.41) is 4.83. The Kier molecular flexibility index (Phi) is 4.03. The van der Waals surface area contributed by atoms with Gasteiger partial charge in [-0.15, -0.1) is 0 Å². The number of para-hydroxylation sites is 3. The summed E-state index contributed by atoms with van der Waals surface area (Å²) in [6.45, 7) is 0.923. The van der Waals surface area contributed by atoms with Crippen molar-refractivity contribution in [3.8, 4) is 5.69 Å². The fourth-order valence-electron chi connectivity index (χ4n) is 3.15. The van der Waals surface area contributed by atoms with Crippen LogP contribution in [0.4, 0.5) is 5.69 Å². The zero-order valence-corrected chi connectivity index (χ0v) is 13.5. The predicted molar refractivity (Wildman–Crippen MR) is 102 cm³/mol. The first-order chi connectivity index (χ1) is 11.9. The van der Waals surface area contributed by atoms with Gasteiger partial charge in [0.2, 0.25) is 0 Å². The molecule has 0 spiro atoms. The van der Waals surface area contributed by atoms with Crippen LogP contribution in [0.3, 0.4) is 0 Å². The molecular formula is C22H20N2. The first-order valence-corrected chi connectivity index (χ1v) is 8.35. The van der Waals surface area contributed by atoms with Crippen molar-refractivity contribution in [2.75, 3.05) is 11.9 Å². The molecule has 1 aromatic heterocycles. The lowest BCUT2D eigenvalue weighted by Gasteiger charge is -2.05. The van der Waals surface area contributed by atoms with Gasteiger partial charge in [0.25, 0.3) is 0 Å². The Morgan fingerprint density at radius 3 is 2.17 bits per heavy atom. The number of rotatable bonds is 5. The third-order valence-electron chi connectivity index (χ3n) is 4.33. The van der Waals surface area contributed by atoms with E-state index in [-0.39, 0.29) is 0 Å². The Balaban J connectivity index is 1.61. The highest BCUT2D eigenvalue weighted by Crippen LogP contribution is 2.25. The first kappa shape index (κ1) is 14.6. The number of nitrogens with one attached hydrogen (secondary N) is 1. The van der Waals surface area contributed by atoms with E-state index >= 15 is 0 Å². The molecule has 0 bridgehead atoms. The molecule has 4 aromatic rings. The van der Waals surface area contributed by atoms with E-state index in [4.69, 9.17) is 0 Å². The van der Waals surface area contributed by atoms with Crippen LogP contribution >= 0.6 is 0 Å². The van der Waals surface area contributed by atoms with Crippen molar-refractivity contribution in [3.05, 3.63) is 96.7 Å². The van der Waals surface area contributed by atoms with Gasteiger partial charge in [0.15, 0.2) is 0 Å². The highest BCUT2D eigenvalue weighted by Gasteiger charge is 2.09. The molecule has 2 heteroatoms. The van der Waals surface area contributed by atoms with Crippen molar-refractivity contribution in [3.63, 3.8) is 0 Å².